The maximum atomic E-state index is 4.70. The number of hydrogen-bond donors (Lipinski definition) is 0. The van der Waals surface area contributed by atoms with Crippen LogP contribution in [0, 0.1) is 14.1 Å². The molecule has 0 aliphatic carbocycles. The molecule has 0 saturated heterocycles. The van der Waals surface area contributed by atoms with Gasteiger partial charge in [0.05, 0.1) is 22.4 Å². The molecule has 2 unspecified atom stereocenters. The number of nitrogens with zero attached hydrogens (tertiary/aromatic N) is 3. The van der Waals surface area contributed by atoms with Crippen LogP contribution in [-0.2, 0) is 0 Å². The minimum absolute atomic E-state index is 0.144. The second-order valence-corrected chi connectivity index (χ2v) is 11.6. The molecule has 0 radical (unpaired) electrons. The first-order valence-electron chi connectivity index (χ1n) is 11.7. The predicted octanol–water partition coefficient (Wildman–Crippen LogP) is 6.68. The minimum atomic E-state index is 0.144. The van der Waals surface area contributed by atoms with E-state index < -0.39 is 0 Å². The van der Waals surface area contributed by atoms with E-state index in [1.165, 1.54) is 51.9 Å². The fourth-order valence-electron chi connectivity index (χ4n) is 5.85. The standard InChI is InChI=1S/C30H21I2N3/c1-18-14-27-28-22(15-19(31)16-24(28)32)30-29(35(27)17-23(18)25-10-4-6-12-33-25)21-9-3-2-8-20(21)26-11-5-7-13-34(26)30/h2-17,29-30H,1H3/q+2. The van der Waals surface area contributed by atoms with Crippen molar-refractivity contribution in [2.45, 2.75) is 19.0 Å². The zero-order chi connectivity index (χ0) is 23.7. The molecule has 5 aromatic rings. The Morgan fingerprint density at radius 1 is 0.743 bits per heavy atom. The van der Waals surface area contributed by atoms with Gasteiger partial charge >= 0.3 is 0 Å². The highest BCUT2D eigenvalue weighted by molar-refractivity contribution is 14.1. The summed E-state index contributed by atoms with van der Waals surface area (Å²) >= 11 is 4.99. The molecule has 0 spiro atoms. The van der Waals surface area contributed by atoms with Gasteiger partial charge in [0.25, 0.3) is 12.1 Å². The number of pyridine rings is 3. The van der Waals surface area contributed by atoms with Crippen LogP contribution in [-0.4, -0.2) is 4.98 Å². The summed E-state index contributed by atoms with van der Waals surface area (Å²) in [5.41, 5.74) is 11.4. The summed E-state index contributed by atoms with van der Waals surface area (Å²) in [4.78, 5) is 4.70. The Balaban J connectivity index is 1.62. The summed E-state index contributed by atoms with van der Waals surface area (Å²) in [5, 5.41) is 0. The van der Waals surface area contributed by atoms with Gasteiger partial charge in [-0.15, -0.1) is 0 Å². The number of rotatable bonds is 1. The molecule has 0 amide bonds. The van der Waals surface area contributed by atoms with Gasteiger partial charge in [0.2, 0.25) is 11.4 Å². The van der Waals surface area contributed by atoms with E-state index in [0.717, 1.165) is 5.69 Å². The van der Waals surface area contributed by atoms with Crippen LogP contribution in [0.5, 0.6) is 0 Å². The zero-order valence-electron chi connectivity index (χ0n) is 19.0. The molecule has 0 N–H and O–H groups in total. The Morgan fingerprint density at radius 3 is 2.40 bits per heavy atom. The Bertz CT molecular complexity index is 1650. The van der Waals surface area contributed by atoms with Crippen molar-refractivity contribution in [3.63, 3.8) is 0 Å². The van der Waals surface area contributed by atoms with Crippen LogP contribution in [0.25, 0.3) is 33.8 Å². The number of fused-ring (bicyclic) bond motifs is 11. The highest BCUT2D eigenvalue weighted by Gasteiger charge is 2.52. The van der Waals surface area contributed by atoms with Gasteiger partial charge in [-0.2, -0.15) is 9.13 Å². The highest BCUT2D eigenvalue weighted by atomic mass is 127. The molecule has 3 aromatic heterocycles. The summed E-state index contributed by atoms with van der Waals surface area (Å²) in [5.74, 6) is 0. The Morgan fingerprint density at radius 2 is 1.54 bits per heavy atom. The van der Waals surface area contributed by atoms with E-state index in [4.69, 9.17) is 4.98 Å². The van der Waals surface area contributed by atoms with Crippen molar-refractivity contribution in [3.05, 3.63) is 121 Å². The molecule has 0 bridgehead atoms. The van der Waals surface area contributed by atoms with Crippen molar-refractivity contribution in [1.29, 1.82) is 0 Å². The normalized spacial score (nSPS) is 17.0. The lowest BCUT2D eigenvalue weighted by Crippen LogP contribution is -2.60. The van der Waals surface area contributed by atoms with Gasteiger partial charge in [-0.3, -0.25) is 4.98 Å². The average Bonchev–Trinajstić information content (AvgIpc) is 2.88. The predicted molar refractivity (Wildman–Crippen MR) is 154 cm³/mol. The lowest BCUT2D eigenvalue weighted by Gasteiger charge is -2.33. The first kappa shape index (κ1) is 21.6. The maximum Gasteiger partial charge on any atom is 0.250 e. The summed E-state index contributed by atoms with van der Waals surface area (Å²) in [7, 11) is 0. The van der Waals surface area contributed by atoms with Crippen molar-refractivity contribution >= 4 is 45.2 Å². The second-order valence-electron chi connectivity index (χ2n) is 9.20. The summed E-state index contributed by atoms with van der Waals surface area (Å²) in [6, 6.07) is 29.0. The third-order valence-corrected chi connectivity index (χ3v) is 8.74. The van der Waals surface area contributed by atoms with Crippen LogP contribution in [0.3, 0.4) is 0 Å². The minimum Gasteiger partial charge on any atom is -0.256 e. The summed E-state index contributed by atoms with van der Waals surface area (Å²) < 4.78 is 7.56. The first-order valence-corrected chi connectivity index (χ1v) is 13.8. The van der Waals surface area contributed by atoms with E-state index in [0.29, 0.717) is 0 Å². The topological polar surface area (TPSA) is 20.6 Å². The monoisotopic (exact) mass is 677 g/mol. The molecule has 3 nitrogen and oxygen atoms in total. The van der Waals surface area contributed by atoms with E-state index >= 15 is 0 Å². The fraction of sp³-hybridized carbons (Fsp3) is 0.100. The second kappa shape index (κ2) is 8.20. The molecule has 5 heteroatoms. The van der Waals surface area contributed by atoms with E-state index in [1.54, 1.807) is 0 Å². The first-order chi connectivity index (χ1) is 17.1. The fourth-order valence-corrected chi connectivity index (χ4v) is 8.01. The van der Waals surface area contributed by atoms with Gasteiger partial charge in [-0.25, -0.2) is 0 Å². The van der Waals surface area contributed by atoms with E-state index in [-0.39, 0.29) is 12.1 Å². The van der Waals surface area contributed by atoms with Crippen LogP contribution >= 0.6 is 45.2 Å². The smallest absolute Gasteiger partial charge is 0.250 e. The molecule has 0 fully saturated rings. The SMILES string of the molecule is Cc1cc2[n+](cc1-c1ccccn1)C1c3ccccc3-c3cccc[n+]3C1c1cc(I)cc(I)c1-2. The molecule has 35 heavy (non-hydrogen) atoms. The third-order valence-electron chi connectivity index (χ3n) is 7.27. The molecular weight excluding hydrogens is 656 g/mol. The largest absolute Gasteiger partial charge is 0.256 e. The van der Waals surface area contributed by atoms with Crippen LogP contribution in [0.15, 0.2) is 97.5 Å². The van der Waals surface area contributed by atoms with Gasteiger partial charge in [-0.1, -0.05) is 24.3 Å². The van der Waals surface area contributed by atoms with Crippen molar-refractivity contribution in [2.24, 2.45) is 0 Å². The molecule has 7 rings (SSSR count). The van der Waals surface area contributed by atoms with Gasteiger partial charge < -0.3 is 0 Å². The highest BCUT2D eigenvalue weighted by Crippen LogP contribution is 2.47. The van der Waals surface area contributed by atoms with E-state index in [1.807, 2.05) is 12.3 Å². The molecule has 2 atom stereocenters. The van der Waals surface area contributed by atoms with Crippen molar-refractivity contribution in [2.75, 3.05) is 0 Å². The Hall–Kier alpha value is -2.65. The number of halogens is 2. The summed E-state index contributed by atoms with van der Waals surface area (Å²) in [6.45, 7) is 2.20. The van der Waals surface area contributed by atoms with Crippen LogP contribution in [0.4, 0.5) is 0 Å². The van der Waals surface area contributed by atoms with Crippen LogP contribution in [0.2, 0.25) is 0 Å². The molecule has 168 valence electrons. The van der Waals surface area contributed by atoms with Crippen LogP contribution in [0.1, 0.15) is 28.8 Å². The molecule has 2 aliphatic heterocycles. The molecule has 0 saturated carbocycles. The van der Waals surface area contributed by atoms with Crippen molar-refractivity contribution in [3.8, 4) is 33.8 Å². The lowest BCUT2D eigenvalue weighted by molar-refractivity contribution is -0.799. The maximum absolute atomic E-state index is 4.70. The number of aryl methyl sites for hydroxylation is 1. The van der Waals surface area contributed by atoms with Crippen molar-refractivity contribution < 1.29 is 9.13 Å². The Kier molecular flexibility index (Phi) is 5.06. The van der Waals surface area contributed by atoms with E-state index in [9.17, 15) is 0 Å². The molecule has 2 aliphatic rings. The zero-order valence-corrected chi connectivity index (χ0v) is 23.3. The molecule has 2 aromatic carbocycles. The van der Waals surface area contributed by atoms with Gasteiger partial charge in [0.15, 0.2) is 12.4 Å². The van der Waals surface area contributed by atoms with Crippen LogP contribution < -0.4 is 9.13 Å². The van der Waals surface area contributed by atoms with Gasteiger partial charge in [0, 0.05) is 42.7 Å². The molecular formula is C30H21I2N3+2. The number of aromatic nitrogens is 3. The van der Waals surface area contributed by atoms with Gasteiger partial charge in [-0.05, 0) is 94.1 Å². The number of benzene rings is 2. The lowest BCUT2D eigenvalue weighted by atomic mass is 9.79. The number of hydrogen-bond acceptors (Lipinski definition) is 1. The van der Waals surface area contributed by atoms with Crippen molar-refractivity contribution in [1.82, 2.24) is 4.98 Å². The quantitative estimate of drug-likeness (QED) is 0.143. The van der Waals surface area contributed by atoms with E-state index in [2.05, 4.69) is 146 Å². The Labute approximate surface area is 231 Å². The van der Waals surface area contributed by atoms with Gasteiger partial charge in [0.1, 0.15) is 0 Å². The molecule has 5 heterocycles. The third kappa shape index (κ3) is 3.24. The summed E-state index contributed by atoms with van der Waals surface area (Å²) in [6.07, 6.45) is 6.47. The average molecular weight is 677 g/mol.